The van der Waals surface area contributed by atoms with Crippen LogP contribution in [-0.2, 0) is 9.53 Å². The molecule has 14 heavy (non-hydrogen) atoms. The zero-order valence-electron chi connectivity index (χ0n) is 7.99. The Balaban J connectivity index is 2.01. The summed E-state index contributed by atoms with van der Waals surface area (Å²) in [5.74, 6) is 1.40. The number of aliphatic carboxylic acids is 1. The van der Waals surface area contributed by atoms with Crippen LogP contribution in [0.15, 0.2) is 0 Å². The van der Waals surface area contributed by atoms with E-state index in [1.165, 1.54) is 0 Å². The van der Waals surface area contributed by atoms with E-state index < -0.39 is 12.0 Å². The molecule has 0 aliphatic carbocycles. The van der Waals surface area contributed by atoms with Crippen molar-refractivity contribution in [2.24, 2.45) is 0 Å². The molecule has 2 aliphatic rings. The number of carbonyl (C=O) groups is 1. The topological polar surface area (TPSA) is 58.6 Å². The van der Waals surface area contributed by atoms with Crippen molar-refractivity contribution in [3.05, 3.63) is 0 Å². The number of carboxylic acids is 1. The van der Waals surface area contributed by atoms with Crippen LogP contribution >= 0.6 is 11.8 Å². The van der Waals surface area contributed by atoms with Crippen molar-refractivity contribution in [1.82, 2.24) is 5.32 Å². The maximum absolute atomic E-state index is 10.8. The van der Waals surface area contributed by atoms with Gasteiger partial charge >= 0.3 is 5.97 Å². The van der Waals surface area contributed by atoms with Crippen LogP contribution in [0, 0.1) is 0 Å². The summed E-state index contributed by atoms with van der Waals surface area (Å²) in [6, 6.07) is -0.521. The molecule has 0 saturated carbocycles. The first kappa shape index (κ1) is 10.3. The Morgan fingerprint density at radius 3 is 2.86 bits per heavy atom. The average Bonchev–Trinajstić information content (AvgIpc) is 2.19. The number of hydrogen-bond donors (Lipinski definition) is 2. The Labute approximate surface area is 87.4 Å². The van der Waals surface area contributed by atoms with Gasteiger partial charge < -0.3 is 9.84 Å². The summed E-state index contributed by atoms with van der Waals surface area (Å²) in [6.07, 6.45) is 2.03. The zero-order valence-corrected chi connectivity index (χ0v) is 8.81. The molecule has 0 aromatic carbocycles. The highest BCUT2D eigenvalue weighted by molar-refractivity contribution is 7.99. The number of ether oxygens (including phenoxy) is 1. The number of nitrogens with one attached hydrogen (secondary N) is 1. The Hall–Kier alpha value is -0.260. The van der Waals surface area contributed by atoms with Crippen molar-refractivity contribution in [1.29, 1.82) is 0 Å². The molecule has 2 rings (SSSR count). The fraction of sp³-hybridized carbons (Fsp3) is 0.889. The lowest BCUT2D eigenvalue weighted by molar-refractivity contribution is -0.145. The highest BCUT2D eigenvalue weighted by Gasteiger charge is 2.39. The molecule has 2 aliphatic heterocycles. The second-order valence-electron chi connectivity index (χ2n) is 3.94. The summed E-state index contributed by atoms with van der Waals surface area (Å²) >= 11 is 1.93. The van der Waals surface area contributed by atoms with Gasteiger partial charge in [0.2, 0.25) is 0 Å². The molecule has 80 valence electrons. The van der Waals surface area contributed by atoms with Gasteiger partial charge in [0.25, 0.3) is 0 Å². The molecule has 0 amide bonds. The maximum Gasteiger partial charge on any atom is 0.323 e. The van der Waals surface area contributed by atoms with Crippen molar-refractivity contribution < 1.29 is 14.6 Å². The number of morpholine rings is 1. The number of thioether (sulfide) groups is 1. The molecule has 1 unspecified atom stereocenters. The van der Waals surface area contributed by atoms with Crippen molar-refractivity contribution in [2.45, 2.75) is 24.4 Å². The fourth-order valence-electron chi connectivity index (χ4n) is 2.01. The van der Waals surface area contributed by atoms with Gasteiger partial charge in [0.15, 0.2) is 0 Å². The molecule has 0 bridgehead atoms. The van der Waals surface area contributed by atoms with Crippen LogP contribution in [0.4, 0.5) is 0 Å². The number of carboxylic acid groups (broad SMARTS) is 1. The monoisotopic (exact) mass is 217 g/mol. The van der Waals surface area contributed by atoms with E-state index in [0.29, 0.717) is 13.2 Å². The van der Waals surface area contributed by atoms with Crippen molar-refractivity contribution in [3.8, 4) is 0 Å². The predicted octanol–water partition coefficient (Wildman–Crippen LogP) is 0.325. The lowest BCUT2D eigenvalue weighted by Gasteiger charge is -2.43. The van der Waals surface area contributed by atoms with Gasteiger partial charge in [-0.05, 0) is 24.3 Å². The summed E-state index contributed by atoms with van der Waals surface area (Å²) in [5, 5.41) is 12.1. The lowest BCUT2D eigenvalue weighted by atomic mass is 9.91. The van der Waals surface area contributed by atoms with Gasteiger partial charge in [-0.1, -0.05) is 0 Å². The molecule has 2 heterocycles. The van der Waals surface area contributed by atoms with Crippen LogP contribution in [0.3, 0.4) is 0 Å². The first-order valence-electron chi connectivity index (χ1n) is 4.88. The third kappa shape index (κ3) is 2.04. The Bertz CT molecular complexity index is 223. The summed E-state index contributed by atoms with van der Waals surface area (Å²) in [4.78, 5) is 10.8. The molecule has 1 atom stereocenters. The molecule has 2 N–H and O–H groups in total. The summed E-state index contributed by atoms with van der Waals surface area (Å²) in [7, 11) is 0. The molecular weight excluding hydrogens is 202 g/mol. The maximum atomic E-state index is 10.8. The van der Waals surface area contributed by atoms with Gasteiger partial charge in [0.1, 0.15) is 6.04 Å². The normalized spacial score (nSPS) is 31.6. The van der Waals surface area contributed by atoms with E-state index in [-0.39, 0.29) is 5.54 Å². The van der Waals surface area contributed by atoms with Crippen LogP contribution in [0.1, 0.15) is 12.8 Å². The van der Waals surface area contributed by atoms with Crippen LogP contribution < -0.4 is 5.32 Å². The predicted molar refractivity (Wildman–Crippen MR) is 54.7 cm³/mol. The average molecular weight is 217 g/mol. The molecule has 5 heteroatoms. The zero-order chi connectivity index (χ0) is 10.0. The fourth-order valence-corrected chi connectivity index (χ4v) is 3.28. The van der Waals surface area contributed by atoms with Crippen LogP contribution in [0.25, 0.3) is 0 Å². The van der Waals surface area contributed by atoms with Crippen molar-refractivity contribution in [3.63, 3.8) is 0 Å². The molecular formula is C9H15NO3S. The molecule has 2 saturated heterocycles. The van der Waals surface area contributed by atoms with E-state index in [0.717, 1.165) is 24.3 Å². The van der Waals surface area contributed by atoms with Crippen LogP contribution in [0.5, 0.6) is 0 Å². The van der Waals surface area contributed by atoms with E-state index in [2.05, 4.69) is 5.32 Å². The Kier molecular flexibility index (Phi) is 2.99. The minimum atomic E-state index is -0.803. The Morgan fingerprint density at radius 1 is 1.50 bits per heavy atom. The third-order valence-corrected chi connectivity index (χ3v) is 3.88. The van der Waals surface area contributed by atoms with Crippen molar-refractivity contribution >= 4 is 17.7 Å². The molecule has 0 aromatic heterocycles. The second kappa shape index (κ2) is 4.08. The molecule has 2 fully saturated rings. The van der Waals surface area contributed by atoms with E-state index >= 15 is 0 Å². The Morgan fingerprint density at radius 2 is 2.21 bits per heavy atom. The highest BCUT2D eigenvalue weighted by atomic mass is 32.2. The largest absolute Gasteiger partial charge is 0.480 e. The third-order valence-electron chi connectivity index (χ3n) is 2.89. The van der Waals surface area contributed by atoms with E-state index in [1.54, 1.807) is 0 Å². The minimum absolute atomic E-state index is 0.0629. The van der Waals surface area contributed by atoms with Gasteiger partial charge in [-0.15, -0.1) is 0 Å². The van der Waals surface area contributed by atoms with E-state index in [4.69, 9.17) is 9.84 Å². The molecule has 0 radical (unpaired) electrons. The van der Waals surface area contributed by atoms with E-state index in [1.807, 2.05) is 11.8 Å². The van der Waals surface area contributed by atoms with Crippen molar-refractivity contribution in [2.75, 3.05) is 24.7 Å². The van der Waals surface area contributed by atoms with Gasteiger partial charge in [0, 0.05) is 5.54 Å². The summed E-state index contributed by atoms with van der Waals surface area (Å²) < 4.78 is 5.38. The number of rotatable bonds is 1. The van der Waals surface area contributed by atoms with Crippen LogP contribution in [0.2, 0.25) is 0 Å². The lowest BCUT2D eigenvalue weighted by Crippen LogP contribution is -2.62. The van der Waals surface area contributed by atoms with Gasteiger partial charge in [-0.25, -0.2) is 0 Å². The molecule has 0 aromatic rings. The van der Waals surface area contributed by atoms with E-state index in [9.17, 15) is 4.79 Å². The standard InChI is InChI=1S/C9H15NO3S/c11-8(12)7-5-13-6-9(10-7)1-3-14-4-2-9/h7,10H,1-6H2,(H,11,12). The molecule has 1 spiro atoms. The van der Waals surface area contributed by atoms with Gasteiger partial charge in [-0.2, -0.15) is 11.8 Å². The summed E-state index contributed by atoms with van der Waals surface area (Å²) in [6.45, 7) is 0.960. The number of hydrogen-bond acceptors (Lipinski definition) is 4. The van der Waals surface area contributed by atoms with Crippen LogP contribution in [-0.4, -0.2) is 47.4 Å². The summed E-state index contributed by atoms with van der Waals surface area (Å²) in [5.41, 5.74) is -0.0629. The van der Waals surface area contributed by atoms with Gasteiger partial charge in [0.05, 0.1) is 13.2 Å². The first-order valence-corrected chi connectivity index (χ1v) is 6.03. The molecule has 4 nitrogen and oxygen atoms in total. The second-order valence-corrected chi connectivity index (χ2v) is 5.17. The highest BCUT2D eigenvalue weighted by Crippen LogP contribution is 2.29. The first-order chi connectivity index (χ1) is 6.72. The van der Waals surface area contributed by atoms with Gasteiger partial charge in [-0.3, -0.25) is 10.1 Å². The smallest absolute Gasteiger partial charge is 0.323 e. The quantitative estimate of drug-likeness (QED) is 0.662. The SMILES string of the molecule is O=C(O)C1COCC2(CCSCC2)N1. The minimum Gasteiger partial charge on any atom is -0.480 e.